The van der Waals surface area contributed by atoms with Crippen molar-refractivity contribution in [3.05, 3.63) is 0 Å². The van der Waals surface area contributed by atoms with Gasteiger partial charge < -0.3 is 10.4 Å². The van der Waals surface area contributed by atoms with Gasteiger partial charge in [0.1, 0.15) is 0 Å². The molecule has 0 radical (unpaired) electrons. The molecule has 4 heteroatoms. The zero-order chi connectivity index (χ0) is 13.9. The number of aliphatic carboxylic acids is 1. The van der Waals surface area contributed by atoms with Gasteiger partial charge in [0.25, 0.3) is 0 Å². The summed E-state index contributed by atoms with van der Waals surface area (Å²) in [6.45, 7) is 8.39. The Morgan fingerprint density at radius 1 is 1.28 bits per heavy atom. The highest BCUT2D eigenvalue weighted by Gasteiger charge is 2.34. The Hall–Kier alpha value is -1.06. The number of carbonyl (C=O) groups is 2. The third kappa shape index (κ3) is 5.07. The van der Waals surface area contributed by atoms with Gasteiger partial charge in [-0.3, -0.25) is 9.59 Å². The molecule has 0 aromatic carbocycles. The Kier molecular flexibility index (Phi) is 4.77. The van der Waals surface area contributed by atoms with Gasteiger partial charge in [-0.2, -0.15) is 0 Å². The molecule has 1 aliphatic carbocycles. The highest BCUT2D eigenvalue weighted by molar-refractivity contribution is 5.77. The molecule has 1 fully saturated rings. The van der Waals surface area contributed by atoms with Crippen LogP contribution in [0.1, 0.15) is 53.4 Å². The Morgan fingerprint density at radius 2 is 1.83 bits per heavy atom. The maximum absolute atomic E-state index is 11.9. The first kappa shape index (κ1) is 15.0. The summed E-state index contributed by atoms with van der Waals surface area (Å²) in [4.78, 5) is 22.7. The van der Waals surface area contributed by atoms with Gasteiger partial charge >= 0.3 is 5.97 Å². The van der Waals surface area contributed by atoms with E-state index in [0.29, 0.717) is 12.3 Å². The fraction of sp³-hybridized carbons (Fsp3) is 0.857. The molecule has 0 aromatic heterocycles. The molecule has 1 saturated carbocycles. The van der Waals surface area contributed by atoms with Crippen LogP contribution in [0.2, 0.25) is 0 Å². The molecule has 0 bridgehead atoms. The fourth-order valence-electron chi connectivity index (χ4n) is 1.87. The molecule has 2 atom stereocenters. The van der Waals surface area contributed by atoms with Crippen molar-refractivity contribution in [2.45, 2.75) is 59.4 Å². The minimum Gasteiger partial charge on any atom is -0.481 e. The second kappa shape index (κ2) is 5.72. The zero-order valence-corrected chi connectivity index (χ0v) is 11.8. The largest absolute Gasteiger partial charge is 0.481 e. The van der Waals surface area contributed by atoms with E-state index in [4.69, 9.17) is 5.11 Å². The molecule has 1 rings (SSSR count). The van der Waals surface area contributed by atoms with E-state index in [1.165, 1.54) is 0 Å². The summed E-state index contributed by atoms with van der Waals surface area (Å²) in [5.41, 5.74) is 0.0964. The molecule has 4 nitrogen and oxygen atoms in total. The van der Waals surface area contributed by atoms with Gasteiger partial charge in [-0.1, -0.05) is 27.7 Å². The third-order valence-electron chi connectivity index (χ3n) is 3.90. The van der Waals surface area contributed by atoms with E-state index in [1.54, 1.807) is 0 Å². The first-order valence-corrected chi connectivity index (χ1v) is 6.71. The first-order valence-electron chi connectivity index (χ1n) is 6.71. The lowest BCUT2D eigenvalue weighted by atomic mass is 9.80. The predicted molar refractivity (Wildman–Crippen MR) is 70.1 cm³/mol. The first-order chi connectivity index (χ1) is 8.20. The Bertz CT molecular complexity index is 315. The molecule has 0 heterocycles. The summed E-state index contributed by atoms with van der Waals surface area (Å²) >= 11 is 0. The summed E-state index contributed by atoms with van der Waals surface area (Å²) in [5, 5.41) is 11.7. The van der Waals surface area contributed by atoms with E-state index in [-0.39, 0.29) is 29.7 Å². The average Bonchev–Trinajstić information content (AvgIpc) is 2.96. The van der Waals surface area contributed by atoms with E-state index in [2.05, 4.69) is 33.0 Å². The molecule has 1 amide bonds. The number of nitrogens with one attached hydrogen (secondary N) is 1. The quantitative estimate of drug-likeness (QED) is 0.766. The summed E-state index contributed by atoms with van der Waals surface area (Å²) in [7, 11) is 0. The van der Waals surface area contributed by atoms with Crippen LogP contribution in [0, 0.1) is 17.3 Å². The molecule has 0 aromatic rings. The number of carbonyl (C=O) groups excluding carboxylic acids is 1. The van der Waals surface area contributed by atoms with Crippen LogP contribution in [0.5, 0.6) is 0 Å². The van der Waals surface area contributed by atoms with Crippen molar-refractivity contribution >= 4 is 11.9 Å². The summed E-state index contributed by atoms with van der Waals surface area (Å²) in [6.07, 6.45) is 2.58. The molecule has 0 aliphatic heterocycles. The van der Waals surface area contributed by atoms with Crippen LogP contribution < -0.4 is 5.32 Å². The second-order valence-corrected chi connectivity index (χ2v) is 6.58. The molecule has 18 heavy (non-hydrogen) atoms. The van der Waals surface area contributed by atoms with E-state index in [1.807, 2.05) is 0 Å². The number of carboxylic acids is 1. The third-order valence-corrected chi connectivity index (χ3v) is 3.90. The predicted octanol–water partition coefficient (Wildman–Crippen LogP) is 2.43. The molecular formula is C14H25NO3. The topological polar surface area (TPSA) is 66.4 Å². The maximum Gasteiger partial charge on any atom is 0.305 e. The zero-order valence-electron chi connectivity index (χ0n) is 11.8. The normalized spacial score (nSPS) is 19.1. The minimum atomic E-state index is -0.837. The van der Waals surface area contributed by atoms with Crippen molar-refractivity contribution in [3.8, 4) is 0 Å². The van der Waals surface area contributed by atoms with Crippen molar-refractivity contribution in [3.63, 3.8) is 0 Å². The lowest BCUT2D eigenvalue weighted by Crippen LogP contribution is -2.39. The van der Waals surface area contributed by atoms with Gasteiger partial charge in [0, 0.05) is 12.5 Å². The van der Waals surface area contributed by atoms with Crippen LogP contribution >= 0.6 is 0 Å². The Morgan fingerprint density at radius 3 is 2.22 bits per heavy atom. The molecule has 0 spiro atoms. The van der Waals surface area contributed by atoms with E-state index in [9.17, 15) is 9.59 Å². The number of rotatable bonds is 6. The Balaban J connectivity index is 2.44. The van der Waals surface area contributed by atoms with Crippen LogP contribution in [-0.2, 0) is 9.59 Å². The SMILES string of the molecule is C[C@@H](CC(=O)N[C@H](CC(=O)O)C1CC1)C(C)(C)C. The molecule has 2 N–H and O–H groups in total. The molecule has 1 aliphatic rings. The van der Waals surface area contributed by atoms with Gasteiger partial charge in [0.15, 0.2) is 0 Å². The lowest BCUT2D eigenvalue weighted by Gasteiger charge is -2.27. The molecule has 104 valence electrons. The van der Waals surface area contributed by atoms with Crippen molar-refractivity contribution < 1.29 is 14.7 Å². The van der Waals surface area contributed by atoms with Gasteiger partial charge in [-0.05, 0) is 30.1 Å². The highest BCUT2D eigenvalue weighted by atomic mass is 16.4. The van der Waals surface area contributed by atoms with Crippen molar-refractivity contribution in [1.29, 1.82) is 0 Å². The van der Waals surface area contributed by atoms with Crippen LogP contribution in [-0.4, -0.2) is 23.0 Å². The second-order valence-electron chi connectivity index (χ2n) is 6.58. The molecule has 0 unspecified atom stereocenters. The van der Waals surface area contributed by atoms with Gasteiger partial charge in [-0.15, -0.1) is 0 Å². The van der Waals surface area contributed by atoms with E-state index in [0.717, 1.165) is 12.8 Å². The highest BCUT2D eigenvalue weighted by Crippen LogP contribution is 2.34. The standard InChI is InChI=1S/C14H25NO3/c1-9(14(2,3)4)7-12(16)15-11(8-13(17)18)10-5-6-10/h9-11H,5-8H2,1-4H3,(H,15,16)(H,17,18)/t9-,11+/m0/s1. The number of hydrogen-bond donors (Lipinski definition) is 2. The van der Waals surface area contributed by atoms with Gasteiger partial charge in [-0.25, -0.2) is 0 Å². The number of carboxylic acid groups (broad SMARTS) is 1. The van der Waals surface area contributed by atoms with Crippen LogP contribution in [0.15, 0.2) is 0 Å². The van der Waals surface area contributed by atoms with E-state index < -0.39 is 5.97 Å². The number of amides is 1. The summed E-state index contributed by atoms with van der Waals surface area (Å²) in [5.74, 6) is -0.205. The van der Waals surface area contributed by atoms with Crippen LogP contribution in [0.4, 0.5) is 0 Å². The summed E-state index contributed by atoms with van der Waals surface area (Å²) < 4.78 is 0. The average molecular weight is 255 g/mol. The van der Waals surface area contributed by atoms with Crippen molar-refractivity contribution in [2.75, 3.05) is 0 Å². The van der Waals surface area contributed by atoms with E-state index >= 15 is 0 Å². The summed E-state index contributed by atoms with van der Waals surface area (Å²) in [6, 6.07) is -0.179. The molecular weight excluding hydrogens is 230 g/mol. The number of hydrogen-bond acceptors (Lipinski definition) is 2. The van der Waals surface area contributed by atoms with Crippen LogP contribution in [0.3, 0.4) is 0 Å². The smallest absolute Gasteiger partial charge is 0.305 e. The fourth-order valence-corrected chi connectivity index (χ4v) is 1.87. The maximum atomic E-state index is 11.9. The lowest BCUT2D eigenvalue weighted by molar-refractivity contribution is -0.138. The minimum absolute atomic E-state index is 0.0180. The van der Waals surface area contributed by atoms with Crippen LogP contribution in [0.25, 0.3) is 0 Å². The van der Waals surface area contributed by atoms with Crippen molar-refractivity contribution in [2.24, 2.45) is 17.3 Å². The van der Waals surface area contributed by atoms with Gasteiger partial charge in [0.05, 0.1) is 6.42 Å². The Labute approximate surface area is 109 Å². The molecule has 0 saturated heterocycles. The monoisotopic (exact) mass is 255 g/mol. The van der Waals surface area contributed by atoms with Gasteiger partial charge in [0.2, 0.25) is 5.91 Å². The van der Waals surface area contributed by atoms with Crippen molar-refractivity contribution in [1.82, 2.24) is 5.32 Å².